The van der Waals surface area contributed by atoms with Gasteiger partial charge in [0.05, 0.1) is 24.4 Å². The third-order valence-corrected chi connectivity index (χ3v) is 8.26. The zero-order valence-corrected chi connectivity index (χ0v) is 24.1. The van der Waals surface area contributed by atoms with Crippen molar-refractivity contribution in [2.75, 3.05) is 5.75 Å². The van der Waals surface area contributed by atoms with Gasteiger partial charge in [0.15, 0.2) is 6.29 Å². The van der Waals surface area contributed by atoms with Gasteiger partial charge in [-0.1, -0.05) is 60.7 Å². The summed E-state index contributed by atoms with van der Waals surface area (Å²) in [5.74, 6) is -0.346. The van der Waals surface area contributed by atoms with Crippen molar-refractivity contribution >= 4 is 23.6 Å². The predicted octanol–water partition coefficient (Wildman–Crippen LogP) is 6.52. The zero-order valence-electron chi connectivity index (χ0n) is 23.2. The van der Waals surface area contributed by atoms with Gasteiger partial charge in [-0.05, 0) is 64.2 Å². The van der Waals surface area contributed by atoms with Crippen LogP contribution in [0.15, 0.2) is 102 Å². The van der Waals surface area contributed by atoms with Crippen molar-refractivity contribution in [3.05, 3.63) is 125 Å². The summed E-state index contributed by atoms with van der Waals surface area (Å²) in [6.45, 7) is 1.95. The van der Waals surface area contributed by atoms with Crippen molar-refractivity contribution in [3.8, 4) is 11.1 Å². The van der Waals surface area contributed by atoms with Crippen molar-refractivity contribution < 1.29 is 29.3 Å². The van der Waals surface area contributed by atoms with E-state index >= 15 is 0 Å². The molecule has 3 N–H and O–H groups in total. The van der Waals surface area contributed by atoms with Gasteiger partial charge in [-0.3, -0.25) is 4.79 Å². The Balaban J connectivity index is 1.37. The summed E-state index contributed by atoms with van der Waals surface area (Å²) in [4.78, 5) is 23.6. The molecule has 0 spiro atoms. The van der Waals surface area contributed by atoms with E-state index in [0.29, 0.717) is 18.7 Å². The Morgan fingerprint density at radius 3 is 2.26 bits per heavy atom. The number of carboxylic acids is 1. The zero-order chi connectivity index (χ0) is 29.5. The van der Waals surface area contributed by atoms with Gasteiger partial charge in [-0.2, -0.15) is 0 Å². The third kappa shape index (κ3) is 7.66. The second-order valence-electron chi connectivity index (χ2n) is 10.2. The molecule has 4 aromatic carbocycles. The largest absolute Gasteiger partial charge is 0.478 e. The molecule has 5 rings (SSSR count). The quantitative estimate of drug-likeness (QED) is 0.183. The number of nitrogens with one attached hydrogen (secondary N) is 1. The van der Waals surface area contributed by atoms with Crippen LogP contribution in [0.5, 0.6) is 0 Å². The summed E-state index contributed by atoms with van der Waals surface area (Å²) in [7, 11) is 0. The fraction of sp³-hybridized carbons (Fsp3) is 0.235. The summed E-state index contributed by atoms with van der Waals surface area (Å²) in [6, 6.07) is 30.9. The molecule has 1 fully saturated rings. The monoisotopic (exact) mass is 583 g/mol. The van der Waals surface area contributed by atoms with E-state index in [-0.39, 0.29) is 30.3 Å². The van der Waals surface area contributed by atoms with Crippen molar-refractivity contribution in [3.63, 3.8) is 0 Å². The Kier molecular flexibility index (Phi) is 9.71. The maximum atomic E-state index is 11.4. The summed E-state index contributed by atoms with van der Waals surface area (Å²) in [6.07, 6.45) is -0.273. The lowest BCUT2D eigenvalue weighted by atomic mass is 9.99. The summed E-state index contributed by atoms with van der Waals surface area (Å²) >= 11 is 1.62. The van der Waals surface area contributed by atoms with Gasteiger partial charge in [0.2, 0.25) is 5.91 Å². The van der Waals surface area contributed by atoms with E-state index in [2.05, 4.69) is 17.4 Å². The van der Waals surface area contributed by atoms with Crippen LogP contribution in [0.1, 0.15) is 58.4 Å². The van der Waals surface area contributed by atoms with Gasteiger partial charge in [-0.15, -0.1) is 11.8 Å². The number of rotatable bonds is 10. The Hall–Kier alpha value is -3.95. The van der Waals surface area contributed by atoms with E-state index in [4.69, 9.17) is 9.47 Å². The molecule has 0 aromatic heterocycles. The van der Waals surface area contributed by atoms with Crippen LogP contribution in [0, 0.1) is 0 Å². The van der Waals surface area contributed by atoms with Gasteiger partial charge in [0, 0.05) is 36.1 Å². The van der Waals surface area contributed by atoms with Gasteiger partial charge in [0.1, 0.15) is 0 Å². The average molecular weight is 584 g/mol. The van der Waals surface area contributed by atoms with Crippen LogP contribution >= 0.6 is 11.8 Å². The lowest BCUT2D eigenvalue weighted by molar-refractivity contribution is -0.245. The van der Waals surface area contributed by atoms with E-state index in [1.165, 1.54) is 6.92 Å². The van der Waals surface area contributed by atoms with Crippen LogP contribution in [-0.2, 0) is 27.4 Å². The number of hydrogen-bond donors (Lipinski definition) is 3. The number of benzene rings is 4. The molecule has 7 nitrogen and oxygen atoms in total. The number of carboxylic acid groups (broad SMARTS) is 1. The number of hydrogen-bond acceptors (Lipinski definition) is 6. The highest BCUT2D eigenvalue weighted by Gasteiger charge is 2.32. The fourth-order valence-electron chi connectivity index (χ4n) is 4.86. The average Bonchev–Trinajstić information content (AvgIpc) is 3.03. The highest BCUT2D eigenvalue weighted by Crippen LogP contribution is 2.40. The minimum absolute atomic E-state index is 0.0176. The highest BCUT2D eigenvalue weighted by molar-refractivity contribution is 7.99. The normalized spacial score (nSPS) is 18.4. The van der Waals surface area contributed by atoms with Crippen molar-refractivity contribution in [2.24, 2.45) is 0 Å². The van der Waals surface area contributed by atoms with Crippen LogP contribution in [-0.4, -0.2) is 33.9 Å². The molecule has 0 bridgehead atoms. The third-order valence-electron chi connectivity index (χ3n) is 7.11. The standard InChI is InChI=1S/C34H33NO6S/c1-22(37)35-19-24-4-2-5-27(16-24)28-6-3-7-29(17-28)34-40-30(21-42-31-14-12-26(13-15-31)33(38)39)18-32(41-34)25-10-8-23(20-36)9-11-25/h2-17,30,32,34,36H,18-21H2,1H3,(H,35,37)(H,38,39)/t30-,32+,34+/m1/s1. The number of carbonyl (C=O) groups is 2. The van der Waals surface area contributed by atoms with E-state index in [1.54, 1.807) is 23.9 Å². The minimum atomic E-state index is -0.945. The topological polar surface area (TPSA) is 105 Å². The lowest BCUT2D eigenvalue weighted by Gasteiger charge is -2.36. The van der Waals surface area contributed by atoms with Crippen LogP contribution in [0.3, 0.4) is 0 Å². The molecule has 3 atom stereocenters. The number of aromatic carboxylic acids is 1. The van der Waals surface area contributed by atoms with E-state index in [0.717, 1.165) is 38.3 Å². The Bertz CT molecular complexity index is 1520. The number of thioether (sulfide) groups is 1. The molecular formula is C34H33NO6S. The highest BCUT2D eigenvalue weighted by atomic mass is 32.2. The first-order valence-corrected chi connectivity index (χ1v) is 14.8. The van der Waals surface area contributed by atoms with Gasteiger partial charge >= 0.3 is 5.97 Å². The first-order chi connectivity index (χ1) is 20.4. The number of ether oxygens (including phenoxy) is 2. The maximum absolute atomic E-state index is 11.4. The van der Waals surface area contributed by atoms with Crippen LogP contribution in [0.2, 0.25) is 0 Å². The van der Waals surface area contributed by atoms with Gasteiger partial charge < -0.3 is 25.0 Å². The minimum Gasteiger partial charge on any atom is -0.478 e. The molecule has 0 unspecified atom stereocenters. The molecule has 0 saturated carbocycles. The Labute approximate surface area is 249 Å². The second-order valence-corrected chi connectivity index (χ2v) is 11.3. The van der Waals surface area contributed by atoms with Gasteiger partial charge in [-0.25, -0.2) is 4.79 Å². The smallest absolute Gasteiger partial charge is 0.335 e. The molecule has 1 aliphatic rings. The Morgan fingerprint density at radius 2 is 1.57 bits per heavy atom. The summed E-state index contributed by atoms with van der Waals surface area (Å²) < 4.78 is 13.0. The number of aliphatic hydroxyl groups is 1. The van der Waals surface area contributed by atoms with Gasteiger partial charge in [0.25, 0.3) is 0 Å². The predicted molar refractivity (Wildman–Crippen MR) is 162 cm³/mol. The molecular weight excluding hydrogens is 550 g/mol. The fourth-order valence-corrected chi connectivity index (χ4v) is 5.78. The van der Waals surface area contributed by atoms with Crippen molar-refractivity contribution in [1.29, 1.82) is 0 Å². The van der Waals surface area contributed by atoms with Crippen molar-refractivity contribution in [2.45, 2.75) is 49.9 Å². The second kappa shape index (κ2) is 13.8. The molecule has 1 aliphatic heterocycles. The number of aliphatic hydroxyl groups excluding tert-OH is 1. The van der Waals surface area contributed by atoms with Crippen LogP contribution < -0.4 is 5.32 Å². The van der Waals surface area contributed by atoms with E-state index in [1.807, 2.05) is 72.8 Å². The molecule has 42 heavy (non-hydrogen) atoms. The molecule has 1 heterocycles. The van der Waals surface area contributed by atoms with E-state index in [9.17, 15) is 19.8 Å². The SMILES string of the molecule is CC(=O)NCc1cccc(-c2cccc([C@H]3O[C@@H](CSc4ccc(C(=O)O)cc4)C[C@@H](c4ccc(CO)cc4)O3)c2)c1. The molecule has 4 aromatic rings. The number of amides is 1. The molecule has 216 valence electrons. The molecule has 8 heteroatoms. The molecule has 0 radical (unpaired) electrons. The first kappa shape index (κ1) is 29.5. The molecule has 0 aliphatic carbocycles. The number of carbonyl (C=O) groups excluding carboxylic acids is 1. The summed E-state index contributed by atoms with van der Waals surface area (Å²) in [5.41, 5.74) is 6.08. The van der Waals surface area contributed by atoms with Crippen LogP contribution in [0.4, 0.5) is 0 Å². The molecule has 1 amide bonds. The van der Waals surface area contributed by atoms with Crippen molar-refractivity contribution in [1.82, 2.24) is 5.32 Å². The maximum Gasteiger partial charge on any atom is 0.335 e. The molecule has 1 saturated heterocycles. The van der Waals surface area contributed by atoms with E-state index < -0.39 is 12.3 Å². The first-order valence-electron chi connectivity index (χ1n) is 13.8. The Morgan fingerprint density at radius 1 is 0.857 bits per heavy atom. The lowest BCUT2D eigenvalue weighted by Crippen LogP contribution is -2.31. The summed E-state index contributed by atoms with van der Waals surface area (Å²) in [5, 5.41) is 21.5. The van der Waals surface area contributed by atoms with Crippen LogP contribution in [0.25, 0.3) is 11.1 Å².